The number of hydrazine groups is 1. The lowest BCUT2D eigenvalue weighted by Gasteiger charge is -2.11. The number of hydrogen-bond donors (Lipinski definition) is 3. The van der Waals surface area contributed by atoms with Gasteiger partial charge in [-0.2, -0.15) is 0 Å². The molecule has 0 saturated carbocycles. The summed E-state index contributed by atoms with van der Waals surface area (Å²) in [5, 5.41) is 2.20. The average molecular weight is 454 g/mol. The number of carbonyl (C=O) groups is 4. The molecular formula is C20H27N3O7S. The number of ether oxygens (including phenoxy) is 3. The maximum absolute atomic E-state index is 11.8. The summed E-state index contributed by atoms with van der Waals surface area (Å²) in [5.74, 6) is -1.55. The first kappa shape index (κ1) is 25.8. The molecule has 0 bridgehead atoms. The van der Waals surface area contributed by atoms with E-state index in [1.807, 2.05) is 13.8 Å². The molecule has 0 aliphatic heterocycles. The van der Waals surface area contributed by atoms with Gasteiger partial charge in [-0.3, -0.25) is 25.2 Å². The fourth-order valence-corrected chi connectivity index (χ4v) is 2.17. The van der Waals surface area contributed by atoms with Crippen LogP contribution in [0.1, 0.15) is 49.9 Å². The van der Waals surface area contributed by atoms with E-state index in [0.29, 0.717) is 30.9 Å². The van der Waals surface area contributed by atoms with Gasteiger partial charge in [0.05, 0.1) is 25.2 Å². The zero-order chi connectivity index (χ0) is 23.1. The number of nitrogens with one attached hydrogen (secondary N) is 3. The van der Waals surface area contributed by atoms with E-state index in [0.717, 1.165) is 6.42 Å². The monoisotopic (exact) mass is 453 g/mol. The van der Waals surface area contributed by atoms with E-state index in [2.05, 4.69) is 16.2 Å². The lowest BCUT2D eigenvalue weighted by molar-refractivity contribution is -0.144. The number of rotatable bonds is 11. The molecule has 0 fully saturated rings. The fraction of sp³-hybridized carbons (Fsp3) is 0.450. The predicted octanol–water partition coefficient (Wildman–Crippen LogP) is 1.39. The highest BCUT2D eigenvalue weighted by Gasteiger charge is 2.11. The molecule has 0 heterocycles. The van der Waals surface area contributed by atoms with Gasteiger partial charge in [0.2, 0.25) is 5.91 Å². The zero-order valence-corrected chi connectivity index (χ0v) is 18.3. The van der Waals surface area contributed by atoms with Gasteiger partial charge in [-0.25, -0.2) is 4.79 Å². The van der Waals surface area contributed by atoms with E-state index in [-0.39, 0.29) is 24.6 Å². The summed E-state index contributed by atoms with van der Waals surface area (Å²) < 4.78 is 15.2. The van der Waals surface area contributed by atoms with Gasteiger partial charge < -0.3 is 19.5 Å². The summed E-state index contributed by atoms with van der Waals surface area (Å²) in [5.41, 5.74) is 5.01. The molecule has 10 nitrogen and oxygen atoms in total. The van der Waals surface area contributed by atoms with Crippen LogP contribution in [-0.4, -0.2) is 48.7 Å². The second-order valence-electron chi connectivity index (χ2n) is 6.22. The van der Waals surface area contributed by atoms with Gasteiger partial charge in [0.15, 0.2) is 11.7 Å². The maximum atomic E-state index is 11.8. The third kappa shape index (κ3) is 11.5. The zero-order valence-electron chi connectivity index (χ0n) is 17.5. The SMILES string of the molecule is CCCOC(=O)CCC(=O)NC(=S)NNC(=O)COc1ccc(C(=O)OCCC)cc1. The highest BCUT2D eigenvalue weighted by atomic mass is 32.1. The first-order valence-electron chi connectivity index (χ1n) is 9.80. The molecule has 2 amide bonds. The van der Waals surface area contributed by atoms with Crippen LogP contribution in [-0.2, 0) is 23.9 Å². The summed E-state index contributed by atoms with van der Waals surface area (Å²) in [4.78, 5) is 46.6. The van der Waals surface area contributed by atoms with E-state index in [9.17, 15) is 19.2 Å². The molecule has 31 heavy (non-hydrogen) atoms. The normalized spacial score (nSPS) is 9.87. The minimum Gasteiger partial charge on any atom is -0.484 e. The van der Waals surface area contributed by atoms with Gasteiger partial charge in [-0.1, -0.05) is 13.8 Å². The number of amides is 2. The molecule has 1 aromatic rings. The molecule has 0 aromatic heterocycles. The number of benzene rings is 1. The quantitative estimate of drug-likeness (QED) is 0.258. The van der Waals surface area contributed by atoms with Crippen LogP contribution >= 0.6 is 12.2 Å². The third-order valence-corrected chi connectivity index (χ3v) is 3.69. The van der Waals surface area contributed by atoms with Crippen molar-refractivity contribution in [1.29, 1.82) is 0 Å². The van der Waals surface area contributed by atoms with Crippen molar-refractivity contribution in [3.8, 4) is 5.75 Å². The minimum absolute atomic E-state index is 0.0657. The summed E-state index contributed by atoms with van der Waals surface area (Å²) in [6, 6.07) is 6.15. The lowest BCUT2D eigenvalue weighted by atomic mass is 10.2. The number of esters is 2. The molecule has 0 radical (unpaired) electrons. The molecule has 1 rings (SSSR count). The van der Waals surface area contributed by atoms with Crippen LogP contribution in [0.2, 0.25) is 0 Å². The Morgan fingerprint density at radius 3 is 2.16 bits per heavy atom. The average Bonchev–Trinajstić information content (AvgIpc) is 2.77. The highest BCUT2D eigenvalue weighted by Crippen LogP contribution is 2.13. The van der Waals surface area contributed by atoms with Gasteiger partial charge in [0.25, 0.3) is 5.91 Å². The van der Waals surface area contributed by atoms with Crippen LogP contribution in [0, 0.1) is 0 Å². The van der Waals surface area contributed by atoms with E-state index >= 15 is 0 Å². The van der Waals surface area contributed by atoms with Crippen LogP contribution in [0.3, 0.4) is 0 Å². The topological polar surface area (TPSA) is 132 Å². The molecule has 0 aliphatic carbocycles. The van der Waals surface area contributed by atoms with Crippen molar-refractivity contribution < 1.29 is 33.4 Å². The summed E-state index contributed by atoms with van der Waals surface area (Å²) in [7, 11) is 0. The van der Waals surface area contributed by atoms with Gasteiger partial charge in [0, 0.05) is 6.42 Å². The van der Waals surface area contributed by atoms with Gasteiger partial charge in [-0.05, 0) is 49.3 Å². The number of carbonyl (C=O) groups excluding carboxylic acids is 4. The molecule has 0 spiro atoms. The maximum Gasteiger partial charge on any atom is 0.338 e. The first-order valence-corrected chi connectivity index (χ1v) is 10.2. The molecule has 0 unspecified atom stereocenters. The van der Waals surface area contributed by atoms with Gasteiger partial charge in [0.1, 0.15) is 5.75 Å². The van der Waals surface area contributed by atoms with Crippen LogP contribution in [0.4, 0.5) is 0 Å². The molecule has 0 atom stereocenters. The van der Waals surface area contributed by atoms with Crippen molar-refractivity contribution in [3.05, 3.63) is 29.8 Å². The Bertz CT molecular complexity index is 769. The largest absolute Gasteiger partial charge is 0.484 e. The lowest BCUT2D eigenvalue weighted by Crippen LogP contribution is -2.49. The number of thiocarbonyl (C=S) groups is 1. The fourth-order valence-electron chi connectivity index (χ4n) is 2.00. The Kier molecular flexibility index (Phi) is 12.3. The predicted molar refractivity (Wildman–Crippen MR) is 115 cm³/mol. The van der Waals surface area contributed by atoms with Crippen molar-refractivity contribution in [1.82, 2.24) is 16.2 Å². The minimum atomic E-state index is -0.550. The highest BCUT2D eigenvalue weighted by molar-refractivity contribution is 7.80. The van der Waals surface area contributed by atoms with Gasteiger partial charge >= 0.3 is 11.9 Å². The Labute approximate surface area is 186 Å². The van der Waals surface area contributed by atoms with Crippen molar-refractivity contribution >= 4 is 41.1 Å². The van der Waals surface area contributed by atoms with Crippen molar-refractivity contribution in [2.75, 3.05) is 19.8 Å². The molecule has 0 saturated heterocycles. The van der Waals surface area contributed by atoms with Crippen LogP contribution in [0.25, 0.3) is 0 Å². The first-order chi connectivity index (χ1) is 14.8. The van der Waals surface area contributed by atoms with E-state index in [1.165, 1.54) is 12.1 Å². The molecule has 3 N–H and O–H groups in total. The summed E-state index contributed by atoms with van der Waals surface area (Å²) in [6.45, 7) is 4.10. The molecule has 170 valence electrons. The summed E-state index contributed by atoms with van der Waals surface area (Å²) in [6.07, 6.45) is 1.28. The molecular weight excluding hydrogens is 426 g/mol. The van der Waals surface area contributed by atoms with E-state index in [1.54, 1.807) is 12.1 Å². The smallest absolute Gasteiger partial charge is 0.338 e. The van der Waals surface area contributed by atoms with Gasteiger partial charge in [-0.15, -0.1) is 0 Å². The Balaban J connectivity index is 2.26. The van der Waals surface area contributed by atoms with Crippen LogP contribution < -0.4 is 20.9 Å². The van der Waals surface area contributed by atoms with Crippen molar-refractivity contribution in [2.45, 2.75) is 39.5 Å². The van der Waals surface area contributed by atoms with Crippen LogP contribution in [0.15, 0.2) is 24.3 Å². The van der Waals surface area contributed by atoms with E-state index in [4.69, 9.17) is 26.4 Å². The molecule has 0 aliphatic rings. The molecule has 1 aromatic carbocycles. The number of hydrogen-bond acceptors (Lipinski definition) is 8. The summed E-state index contributed by atoms with van der Waals surface area (Å²) >= 11 is 4.89. The standard InChI is InChI=1S/C20H27N3O7S/c1-3-11-28-18(26)10-9-16(24)21-20(31)23-22-17(25)13-30-15-7-5-14(6-8-15)19(27)29-12-4-2/h5-8H,3-4,9-13H2,1-2H3,(H,22,25)(H2,21,23,24,31). The van der Waals surface area contributed by atoms with Crippen molar-refractivity contribution in [2.24, 2.45) is 0 Å². The second-order valence-corrected chi connectivity index (χ2v) is 6.63. The van der Waals surface area contributed by atoms with Crippen molar-refractivity contribution in [3.63, 3.8) is 0 Å². The Morgan fingerprint density at radius 1 is 0.871 bits per heavy atom. The third-order valence-electron chi connectivity index (χ3n) is 3.49. The van der Waals surface area contributed by atoms with Crippen LogP contribution in [0.5, 0.6) is 5.75 Å². The molecule has 11 heteroatoms. The Morgan fingerprint density at radius 2 is 1.52 bits per heavy atom. The van der Waals surface area contributed by atoms with E-state index < -0.39 is 23.8 Å². The Hall–Kier alpha value is -3.21. The second kappa shape index (κ2) is 14.7.